The molecular formula is C7H16O3. The highest BCUT2D eigenvalue weighted by Gasteiger charge is 2.32. The first-order valence-electron chi connectivity index (χ1n) is 3.34. The van der Waals surface area contributed by atoms with E-state index in [1.165, 1.54) is 14.2 Å². The van der Waals surface area contributed by atoms with E-state index < -0.39 is 5.79 Å². The Bertz CT molecular complexity index is 78.6. The summed E-state index contributed by atoms with van der Waals surface area (Å²) in [6.07, 6.45) is 0. The molecule has 0 aliphatic heterocycles. The summed E-state index contributed by atoms with van der Waals surface area (Å²) < 4.78 is 10.1. The molecule has 3 nitrogen and oxygen atoms in total. The molecule has 0 aromatic carbocycles. The Labute approximate surface area is 62.0 Å². The van der Waals surface area contributed by atoms with Crippen molar-refractivity contribution in [2.75, 3.05) is 20.8 Å². The molecule has 3 heteroatoms. The maximum atomic E-state index is 8.90. The molecule has 0 aromatic heterocycles. The fourth-order valence-electron chi connectivity index (χ4n) is 0.866. The van der Waals surface area contributed by atoms with Crippen molar-refractivity contribution in [3.63, 3.8) is 0 Å². The van der Waals surface area contributed by atoms with Crippen LogP contribution in [0.5, 0.6) is 0 Å². The number of methoxy groups -OCH3 is 2. The molecule has 0 bridgehead atoms. The number of hydrogen-bond acceptors (Lipinski definition) is 3. The maximum absolute atomic E-state index is 8.90. The van der Waals surface area contributed by atoms with Gasteiger partial charge >= 0.3 is 0 Å². The van der Waals surface area contributed by atoms with Gasteiger partial charge in [0.25, 0.3) is 0 Å². The van der Waals surface area contributed by atoms with Crippen molar-refractivity contribution in [1.82, 2.24) is 0 Å². The van der Waals surface area contributed by atoms with Gasteiger partial charge in [-0.05, 0) is 0 Å². The van der Waals surface area contributed by atoms with Crippen LogP contribution in [0.25, 0.3) is 0 Å². The molecule has 0 radical (unpaired) electrons. The minimum Gasteiger partial charge on any atom is -0.391 e. The van der Waals surface area contributed by atoms with Crippen LogP contribution in [0.4, 0.5) is 0 Å². The smallest absolute Gasteiger partial charge is 0.193 e. The normalized spacial score (nSPS) is 12.6. The van der Waals surface area contributed by atoms with E-state index in [-0.39, 0.29) is 12.5 Å². The van der Waals surface area contributed by atoms with Crippen LogP contribution in [0.2, 0.25) is 0 Å². The van der Waals surface area contributed by atoms with Gasteiger partial charge in [0.2, 0.25) is 0 Å². The molecular weight excluding hydrogens is 132 g/mol. The van der Waals surface area contributed by atoms with Crippen LogP contribution in [-0.4, -0.2) is 31.7 Å². The third-order valence-electron chi connectivity index (χ3n) is 1.79. The summed E-state index contributed by atoms with van der Waals surface area (Å²) in [6.45, 7) is 3.75. The summed E-state index contributed by atoms with van der Waals surface area (Å²) >= 11 is 0. The lowest BCUT2D eigenvalue weighted by Gasteiger charge is -2.32. The predicted octanol–water partition coefficient (Wildman–Crippen LogP) is 0.624. The Morgan fingerprint density at radius 1 is 1.30 bits per heavy atom. The monoisotopic (exact) mass is 148 g/mol. The van der Waals surface area contributed by atoms with Crippen molar-refractivity contribution >= 4 is 0 Å². The predicted molar refractivity (Wildman–Crippen MR) is 38.7 cm³/mol. The Hall–Kier alpha value is -0.120. The molecule has 0 spiro atoms. The van der Waals surface area contributed by atoms with Gasteiger partial charge in [-0.1, -0.05) is 13.8 Å². The summed E-state index contributed by atoms with van der Waals surface area (Å²) in [5.74, 6) is -0.674. The van der Waals surface area contributed by atoms with Crippen molar-refractivity contribution in [2.24, 2.45) is 5.92 Å². The fraction of sp³-hybridized carbons (Fsp3) is 1.00. The third-order valence-corrected chi connectivity index (χ3v) is 1.79. The van der Waals surface area contributed by atoms with Crippen molar-refractivity contribution in [3.8, 4) is 0 Å². The fourth-order valence-corrected chi connectivity index (χ4v) is 0.866. The zero-order valence-electron chi connectivity index (χ0n) is 7.05. The molecule has 0 amide bonds. The van der Waals surface area contributed by atoms with E-state index in [4.69, 9.17) is 14.6 Å². The van der Waals surface area contributed by atoms with E-state index in [0.29, 0.717) is 0 Å². The van der Waals surface area contributed by atoms with E-state index in [1.807, 2.05) is 13.8 Å². The lowest BCUT2D eigenvalue weighted by molar-refractivity contribution is -0.251. The Morgan fingerprint density at radius 2 is 1.70 bits per heavy atom. The number of hydrogen-bond donors (Lipinski definition) is 1. The SMILES string of the molecule is COC(CO)(OC)C(C)C. The number of aliphatic hydroxyl groups is 1. The van der Waals surface area contributed by atoms with Gasteiger partial charge < -0.3 is 14.6 Å². The van der Waals surface area contributed by atoms with Crippen LogP contribution < -0.4 is 0 Å². The number of rotatable bonds is 4. The third kappa shape index (κ3) is 1.68. The lowest BCUT2D eigenvalue weighted by atomic mass is 10.0. The highest BCUT2D eigenvalue weighted by molar-refractivity contribution is 4.71. The van der Waals surface area contributed by atoms with Crippen molar-refractivity contribution in [3.05, 3.63) is 0 Å². The molecule has 1 N–H and O–H groups in total. The van der Waals surface area contributed by atoms with Crippen LogP contribution in [-0.2, 0) is 9.47 Å². The minimum absolute atomic E-state index is 0.113. The van der Waals surface area contributed by atoms with E-state index >= 15 is 0 Å². The van der Waals surface area contributed by atoms with Gasteiger partial charge in [-0.15, -0.1) is 0 Å². The summed E-state index contributed by atoms with van der Waals surface area (Å²) in [4.78, 5) is 0. The maximum Gasteiger partial charge on any atom is 0.193 e. The molecule has 0 unspecified atom stereocenters. The second-order valence-corrected chi connectivity index (χ2v) is 2.53. The van der Waals surface area contributed by atoms with Crippen LogP contribution in [0.1, 0.15) is 13.8 Å². The van der Waals surface area contributed by atoms with Crippen molar-refractivity contribution < 1.29 is 14.6 Å². The van der Waals surface area contributed by atoms with Crippen LogP contribution >= 0.6 is 0 Å². The molecule has 0 saturated heterocycles. The summed E-state index contributed by atoms with van der Waals surface area (Å²) in [6, 6.07) is 0. The Morgan fingerprint density at radius 3 is 1.70 bits per heavy atom. The lowest BCUT2D eigenvalue weighted by Crippen LogP contribution is -2.43. The van der Waals surface area contributed by atoms with Gasteiger partial charge in [-0.3, -0.25) is 0 Å². The highest BCUT2D eigenvalue weighted by Crippen LogP contribution is 2.20. The number of aliphatic hydroxyl groups excluding tert-OH is 1. The topological polar surface area (TPSA) is 38.7 Å². The molecule has 0 heterocycles. The second kappa shape index (κ2) is 3.91. The molecule has 0 aliphatic rings. The van der Waals surface area contributed by atoms with Crippen LogP contribution in [0.3, 0.4) is 0 Å². The van der Waals surface area contributed by atoms with E-state index in [2.05, 4.69) is 0 Å². The van der Waals surface area contributed by atoms with E-state index in [1.54, 1.807) is 0 Å². The van der Waals surface area contributed by atoms with Crippen molar-refractivity contribution in [1.29, 1.82) is 0 Å². The summed E-state index contributed by atoms with van der Waals surface area (Å²) in [7, 11) is 3.06. The van der Waals surface area contributed by atoms with Crippen molar-refractivity contribution in [2.45, 2.75) is 19.6 Å². The van der Waals surface area contributed by atoms with Gasteiger partial charge in [0, 0.05) is 20.1 Å². The van der Waals surface area contributed by atoms with Gasteiger partial charge in [-0.25, -0.2) is 0 Å². The number of ether oxygens (including phenoxy) is 2. The first kappa shape index (κ1) is 9.88. The average Bonchev–Trinajstić information content (AvgIpc) is 1.92. The second-order valence-electron chi connectivity index (χ2n) is 2.53. The molecule has 62 valence electrons. The van der Waals surface area contributed by atoms with Gasteiger partial charge in [0.15, 0.2) is 5.79 Å². The highest BCUT2D eigenvalue weighted by atomic mass is 16.7. The Balaban J connectivity index is 4.15. The average molecular weight is 148 g/mol. The first-order valence-corrected chi connectivity index (χ1v) is 3.34. The Kier molecular flexibility index (Phi) is 3.86. The zero-order valence-corrected chi connectivity index (χ0v) is 7.05. The van der Waals surface area contributed by atoms with Gasteiger partial charge in [-0.2, -0.15) is 0 Å². The van der Waals surface area contributed by atoms with Crippen LogP contribution in [0, 0.1) is 5.92 Å². The van der Waals surface area contributed by atoms with Gasteiger partial charge in [0.05, 0.1) is 6.61 Å². The van der Waals surface area contributed by atoms with Gasteiger partial charge in [0.1, 0.15) is 0 Å². The molecule has 0 fully saturated rings. The molecule has 0 aliphatic carbocycles. The standard InChI is InChI=1S/C7H16O3/c1-6(2)7(5-8,9-3)10-4/h6,8H,5H2,1-4H3. The summed E-state index contributed by atoms with van der Waals surface area (Å²) in [5, 5.41) is 8.90. The summed E-state index contributed by atoms with van der Waals surface area (Å²) in [5.41, 5.74) is 0. The first-order chi connectivity index (χ1) is 4.63. The van der Waals surface area contributed by atoms with Crippen LogP contribution in [0.15, 0.2) is 0 Å². The quantitative estimate of drug-likeness (QED) is 0.594. The van der Waals surface area contributed by atoms with E-state index in [9.17, 15) is 0 Å². The molecule has 0 aromatic rings. The molecule has 0 rings (SSSR count). The molecule has 0 atom stereocenters. The molecule has 10 heavy (non-hydrogen) atoms. The molecule has 0 saturated carbocycles. The largest absolute Gasteiger partial charge is 0.391 e. The zero-order chi connectivity index (χ0) is 8.20. The van der Waals surface area contributed by atoms with E-state index in [0.717, 1.165) is 0 Å². The minimum atomic E-state index is -0.819.